The molecule has 1 aliphatic heterocycles. The molecule has 0 unspecified atom stereocenters. The number of piperidine rings is 1. The van der Waals surface area contributed by atoms with Gasteiger partial charge >= 0.3 is 5.97 Å². The number of likely N-dealkylation sites (tertiary alicyclic amines) is 1. The number of amides is 1. The van der Waals surface area contributed by atoms with Crippen LogP contribution in [0.2, 0.25) is 0 Å². The van der Waals surface area contributed by atoms with E-state index in [1.165, 1.54) is 18.9 Å². The summed E-state index contributed by atoms with van der Waals surface area (Å²) in [6.07, 6.45) is 1.29. The molecule has 0 aliphatic carbocycles. The minimum absolute atomic E-state index is 0.0438. The van der Waals surface area contributed by atoms with Crippen molar-refractivity contribution in [1.29, 1.82) is 0 Å². The summed E-state index contributed by atoms with van der Waals surface area (Å²) in [5, 5.41) is 9.14. The van der Waals surface area contributed by atoms with Gasteiger partial charge in [-0.25, -0.2) is 0 Å². The van der Waals surface area contributed by atoms with Crippen LogP contribution in [0, 0.1) is 5.92 Å². The molecule has 1 amide bonds. The van der Waals surface area contributed by atoms with Gasteiger partial charge in [0.15, 0.2) is 11.0 Å². The van der Waals surface area contributed by atoms with E-state index in [1.807, 2.05) is 35.9 Å². The summed E-state index contributed by atoms with van der Waals surface area (Å²) in [5.41, 5.74) is 0.929. The predicted octanol–water partition coefficient (Wildman–Crippen LogP) is 1.99. The molecule has 9 heteroatoms. The lowest BCUT2D eigenvalue weighted by Gasteiger charge is -2.30. The van der Waals surface area contributed by atoms with E-state index in [0.717, 1.165) is 17.1 Å². The molecule has 0 N–H and O–H groups in total. The van der Waals surface area contributed by atoms with E-state index in [1.54, 1.807) is 12.0 Å². The number of ether oxygens (including phenoxy) is 2. The summed E-state index contributed by atoms with van der Waals surface area (Å²) in [4.78, 5) is 25.9. The van der Waals surface area contributed by atoms with Crippen molar-refractivity contribution < 1.29 is 19.1 Å². The second-order valence-corrected chi connectivity index (χ2v) is 7.50. The molecule has 0 spiro atoms. The predicted molar refractivity (Wildman–Crippen MR) is 105 cm³/mol. The molecule has 1 aromatic heterocycles. The number of hydrogen-bond donors (Lipinski definition) is 0. The van der Waals surface area contributed by atoms with Crippen molar-refractivity contribution >= 4 is 23.6 Å². The molecule has 1 fully saturated rings. The van der Waals surface area contributed by atoms with E-state index in [0.29, 0.717) is 31.1 Å². The Morgan fingerprint density at radius 1 is 1.14 bits per heavy atom. The highest BCUT2D eigenvalue weighted by Crippen LogP contribution is 2.25. The number of hydrogen-bond acceptors (Lipinski definition) is 7. The van der Waals surface area contributed by atoms with Gasteiger partial charge in [0, 0.05) is 25.7 Å². The second-order valence-electron chi connectivity index (χ2n) is 6.56. The summed E-state index contributed by atoms with van der Waals surface area (Å²) >= 11 is 1.37. The van der Waals surface area contributed by atoms with Gasteiger partial charge in [-0.2, -0.15) is 0 Å². The number of benzene rings is 1. The van der Waals surface area contributed by atoms with Crippen molar-refractivity contribution in [2.24, 2.45) is 13.0 Å². The zero-order chi connectivity index (χ0) is 20.1. The minimum atomic E-state index is -0.188. The van der Waals surface area contributed by atoms with Crippen molar-refractivity contribution in [3.05, 3.63) is 24.3 Å². The van der Waals surface area contributed by atoms with E-state index in [4.69, 9.17) is 9.47 Å². The van der Waals surface area contributed by atoms with Gasteiger partial charge in [0.2, 0.25) is 5.91 Å². The zero-order valence-electron chi connectivity index (χ0n) is 16.3. The Bertz CT molecular complexity index is 829. The fourth-order valence-corrected chi connectivity index (χ4v) is 3.99. The van der Waals surface area contributed by atoms with Gasteiger partial charge in [0.05, 0.1) is 25.9 Å². The monoisotopic (exact) mass is 404 g/mol. The summed E-state index contributed by atoms with van der Waals surface area (Å²) in [7, 11) is 4.91. The van der Waals surface area contributed by atoms with Gasteiger partial charge in [-0.15, -0.1) is 10.2 Å². The quantitative estimate of drug-likeness (QED) is 0.537. The normalized spacial score (nSPS) is 14.8. The summed E-state index contributed by atoms with van der Waals surface area (Å²) < 4.78 is 11.8. The lowest BCUT2D eigenvalue weighted by atomic mass is 9.97. The second kappa shape index (κ2) is 9.09. The van der Waals surface area contributed by atoms with Crippen molar-refractivity contribution in [1.82, 2.24) is 19.7 Å². The van der Waals surface area contributed by atoms with E-state index in [9.17, 15) is 9.59 Å². The standard InChI is InChI=1S/C19H24N4O4S/c1-22-17(13-4-6-15(26-2)7-5-13)20-21-19(22)28-12-16(24)23-10-8-14(9-11-23)18(25)27-3/h4-7,14H,8-12H2,1-3H3. The zero-order valence-corrected chi connectivity index (χ0v) is 17.1. The molecule has 0 radical (unpaired) electrons. The molecule has 8 nitrogen and oxygen atoms in total. The van der Waals surface area contributed by atoms with Crippen LogP contribution in [0.15, 0.2) is 29.4 Å². The number of methoxy groups -OCH3 is 2. The maximum absolute atomic E-state index is 12.5. The third kappa shape index (κ3) is 4.46. The maximum atomic E-state index is 12.5. The number of aromatic nitrogens is 3. The first-order valence-corrected chi connectivity index (χ1v) is 10.0. The largest absolute Gasteiger partial charge is 0.497 e. The Labute approximate surface area is 168 Å². The smallest absolute Gasteiger partial charge is 0.308 e. The molecule has 1 saturated heterocycles. The lowest BCUT2D eigenvalue weighted by Crippen LogP contribution is -2.41. The lowest BCUT2D eigenvalue weighted by molar-refractivity contribution is -0.148. The van der Waals surface area contributed by atoms with Crippen molar-refractivity contribution in [3.8, 4) is 17.1 Å². The molecule has 1 aromatic carbocycles. The Morgan fingerprint density at radius 2 is 1.82 bits per heavy atom. The SMILES string of the molecule is COC(=O)C1CCN(C(=O)CSc2nnc(-c3ccc(OC)cc3)n2C)CC1. The fourth-order valence-electron chi connectivity index (χ4n) is 3.18. The molecule has 0 atom stereocenters. The molecule has 2 aromatic rings. The van der Waals surface area contributed by atoms with Crippen LogP contribution in [0.5, 0.6) is 5.75 Å². The van der Waals surface area contributed by atoms with E-state index in [2.05, 4.69) is 10.2 Å². The Morgan fingerprint density at radius 3 is 2.43 bits per heavy atom. The maximum Gasteiger partial charge on any atom is 0.308 e. The number of esters is 1. The van der Waals surface area contributed by atoms with Crippen LogP contribution in [-0.2, 0) is 21.4 Å². The van der Waals surface area contributed by atoms with E-state index in [-0.39, 0.29) is 23.5 Å². The Hall–Kier alpha value is -2.55. The van der Waals surface area contributed by atoms with Crippen LogP contribution < -0.4 is 4.74 Å². The van der Waals surface area contributed by atoms with E-state index >= 15 is 0 Å². The molecule has 28 heavy (non-hydrogen) atoms. The van der Waals surface area contributed by atoms with Crippen LogP contribution >= 0.6 is 11.8 Å². The van der Waals surface area contributed by atoms with Crippen molar-refractivity contribution in [2.75, 3.05) is 33.1 Å². The topological polar surface area (TPSA) is 86.6 Å². The molecule has 150 valence electrons. The number of rotatable bonds is 6. The van der Waals surface area contributed by atoms with Crippen molar-refractivity contribution in [2.45, 2.75) is 18.0 Å². The summed E-state index contributed by atoms with van der Waals surface area (Å²) in [6, 6.07) is 7.60. The van der Waals surface area contributed by atoms with Crippen LogP contribution in [0.1, 0.15) is 12.8 Å². The molecule has 2 heterocycles. The minimum Gasteiger partial charge on any atom is -0.497 e. The first kappa shape index (κ1) is 20.2. The molecule has 1 aliphatic rings. The molecular weight excluding hydrogens is 380 g/mol. The van der Waals surface area contributed by atoms with Gasteiger partial charge in [-0.3, -0.25) is 9.59 Å². The number of nitrogens with zero attached hydrogens (tertiary/aromatic N) is 4. The third-order valence-electron chi connectivity index (χ3n) is 4.89. The highest BCUT2D eigenvalue weighted by Gasteiger charge is 2.28. The van der Waals surface area contributed by atoms with Crippen LogP contribution in [0.4, 0.5) is 0 Å². The third-order valence-corrected chi connectivity index (χ3v) is 5.90. The van der Waals surface area contributed by atoms with Crippen molar-refractivity contribution in [3.63, 3.8) is 0 Å². The fraction of sp³-hybridized carbons (Fsp3) is 0.474. The summed E-state index contributed by atoms with van der Waals surface area (Å²) in [5.74, 6) is 1.55. The van der Waals surface area contributed by atoms with Gasteiger partial charge in [0.1, 0.15) is 5.75 Å². The first-order valence-electron chi connectivity index (χ1n) is 9.05. The number of thioether (sulfide) groups is 1. The Kier molecular flexibility index (Phi) is 6.56. The molecule has 0 saturated carbocycles. The highest BCUT2D eigenvalue weighted by atomic mass is 32.2. The Balaban J connectivity index is 1.56. The molecule has 0 bridgehead atoms. The van der Waals surface area contributed by atoms with Gasteiger partial charge < -0.3 is 18.9 Å². The molecular formula is C19H24N4O4S. The number of carbonyl (C=O) groups is 2. The summed E-state index contributed by atoms with van der Waals surface area (Å²) in [6.45, 7) is 1.16. The average Bonchev–Trinajstić information content (AvgIpc) is 3.11. The van der Waals surface area contributed by atoms with Gasteiger partial charge in [-0.1, -0.05) is 11.8 Å². The highest BCUT2D eigenvalue weighted by molar-refractivity contribution is 7.99. The number of carbonyl (C=O) groups excluding carboxylic acids is 2. The van der Waals surface area contributed by atoms with E-state index < -0.39 is 0 Å². The van der Waals surface area contributed by atoms with Gasteiger partial charge in [0.25, 0.3) is 0 Å². The first-order chi connectivity index (χ1) is 13.5. The molecule has 3 rings (SSSR count). The van der Waals surface area contributed by atoms with Crippen LogP contribution in [0.25, 0.3) is 11.4 Å². The van der Waals surface area contributed by atoms with Gasteiger partial charge in [-0.05, 0) is 37.1 Å². The van der Waals surface area contributed by atoms with Crippen LogP contribution in [-0.4, -0.2) is 64.6 Å². The van der Waals surface area contributed by atoms with Crippen LogP contribution in [0.3, 0.4) is 0 Å². The average molecular weight is 404 g/mol.